The molecule has 0 unspecified atom stereocenters. The maximum absolute atomic E-state index is 6.11. The van der Waals surface area contributed by atoms with E-state index >= 15 is 0 Å². The van der Waals surface area contributed by atoms with E-state index in [1.54, 1.807) is 0 Å². The van der Waals surface area contributed by atoms with Crippen LogP contribution in [0.3, 0.4) is 0 Å². The molecule has 2 saturated heterocycles. The Balaban J connectivity index is 0.00000320. The highest BCUT2D eigenvalue weighted by atomic mass is 127. The minimum Gasteiger partial charge on any atom is -0.490 e. The molecule has 7 heteroatoms. The largest absolute Gasteiger partial charge is 0.490 e. The van der Waals surface area contributed by atoms with Crippen molar-refractivity contribution in [2.75, 3.05) is 52.6 Å². The van der Waals surface area contributed by atoms with Crippen molar-refractivity contribution in [1.29, 1.82) is 0 Å². The fraction of sp³-hybridized carbons (Fsp3) is 0.696. The lowest BCUT2D eigenvalue weighted by atomic mass is 10.0. The Morgan fingerprint density at radius 2 is 1.87 bits per heavy atom. The van der Waals surface area contributed by atoms with E-state index in [1.807, 2.05) is 30.3 Å². The Morgan fingerprint density at radius 3 is 2.57 bits per heavy atom. The number of hydrogen-bond donors (Lipinski definition) is 1. The molecule has 0 amide bonds. The average molecular weight is 531 g/mol. The second-order valence-electron chi connectivity index (χ2n) is 7.84. The van der Waals surface area contributed by atoms with Gasteiger partial charge >= 0.3 is 0 Å². The molecule has 0 bridgehead atoms. The normalized spacial score (nSPS) is 18.7. The molecule has 170 valence electrons. The lowest BCUT2D eigenvalue weighted by Crippen LogP contribution is -2.47. The van der Waals surface area contributed by atoms with Gasteiger partial charge in [-0.25, -0.2) is 0 Å². The van der Waals surface area contributed by atoms with Gasteiger partial charge < -0.3 is 24.4 Å². The molecule has 0 radical (unpaired) electrons. The summed E-state index contributed by atoms with van der Waals surface area (Å²) in [6.07, 6.45) is 5.56. The number of aliphatic imine (C=N–C) groups is 1. The van der Waals surface area contributed by atoms with Crippen LogP contribution >= 0.6 is 24.0 Å². The van der Waals surface area contributed by atoms with Gasteiger partial charge in [0.25, 0.3) is 0 Å². The highest BCUT2D eigenvalue weighted by Crippen LogP contribution is 2.19. The third-order valence-electron chi connectivity index (χ3n) is 5.53. The number of rotatable bonds is 9. The monoisotopic (exact) mass is 531 g/mol. The van der Waals surface area contributed by atoms with Crippen molar-refractivity contribution < 1.29 is 14.2 Å². The van der Waals surface area contributed by atoms with Gasteiger partial charge in [-0.1, -0.05) is 18.2 Å². The molecule has 3 rings (SSSR count). The van der Waals surface area contributed by atoms with Gasteiger partial charge in [-0.15, -0.1) is 24.0 Å². The Morgan fingerprint density at radius 1 is 1.13 bits per heavy atom. The fourth-order valence-electron chi connectivity index (χ4n) is 3.82. The van der Waals surface area contributed by atoms with Crippen molar-refractivity contribution in [2.45, 2.75) is 45.1 Å². The number of piperidine rings is 1. The van der Waals surface area contributed by atoms with E-state index < -0.39 is 0 Å². The maximum atomic E-state index is 6.11. The summed E-state index contributed by atoms with van der Waals surface area (Å²) in [5.41, 5.74) is 0. The van der Waals surface area contributed by atoms with Crippen LogP contribution < -0.4 is 10.1 Å². The standard InChI is InChI=1S/C23H37N3O3.HI/c1-2-24-23(25-13-6-16-28-19-20-11-17-27-18-12-20)26-14-9-22(10-15-26)29-21-7-4-3-5-8-21;/h3-5,7-8,20,22H,2,6,9-19H2,1H3,(H,24,25);1H. The van der Waals surface area contributed by atoms with Crippen LogP contribution in [0, 0.1) is 5.92 Å². The number of hydrogen-bond acceptors (Lipinski definition) is 4. The fourth-order valence-corrected chi connectivity index (χ4v) is 3.82. The average Bonchev–Trinajstić information content (AvgIpc) is 2.77. The molecule has 0 aliphatic carbocycles. The second kappa shape index (κ2) is 14.9. The number of likely N-dealkylation sites (tertiary alicyclic amines) is 1. The van der Waals surface area contributed by atoms with Crippen LogP contribution in [0.5, 0.6) is 5.75 Å². The van der Waals surface area contributed by atoms with E-state index in [1.165, 1.54) is 0 Å². The van der Waals surface area contributed by atoms with Crippen LogP contribution in [0.4, 0.5) is 0 Å². The van der Waals surface area contributed by atoms with Crippen LogP contribution in [0.2, 0.25) is 0 Å². The Labute approximate surface area is 198 Å². The summed E-state index contributed by atoms with van der Waals surface area (Å²) >= 11 is 0. The molecule has 1 aromatic carbocycles. The second-order valence-corrected chi connectivity index (χ2v) is 7.84. The number of guanidine groups is 1. The molecule has 1 N–H and O–H groups in total. The van der Waals surface area contributed by atoms with Crippen molar-refractivity contribution in [2.24, 2.45) is 10.9 Å². The van der Waals surface area contributed by atoms with Gasteiger partial charge in [0.05, 0.1) is 0 Å². The van der Waals surface area contributed by atoms with Crippen molar-refractivity contribution in [3.8, 4) is 5.75 Å². The molecule has 2 fully saturated rings. The van der Waals surface area contributed by atoms with Crippen LogP contribution in [0.15, 0.2) is 35.3 Å². The van der Waals surface area contributed by atoms with Gasteiger partial charge in [-0.05, 0) is 44.2 Å². The first kappa shape index (κ1) is 25.2. The number of ether oxygens (including phenoxy) is 3. The quantitative estimate of drug-likeness (QED) is 0.227. The highest BCUT2D eigenvalue weighted by Gasteiger charge is 2.22. The first-order valence-electron chi connectivity index (χ1n) is 11.3. The smallest absolute Gasteiger partial charge is 0.193 e. The predicted octanol–water partition coefficient (Wildman–Crippen LogP) is 3.95. The van der Waals surface area contributed by atoms with Crippen LogP contribution in [-0.2, 0) is 9.47 Å². The number of para-hydroxylation sites is 1. The molecule has 2 aliphatic heterocycles. The van der Waals surface area contributed by atoms with Crippen molar-refractivity contribution in [3.05, 3.63) is 30.3 Å². The zero-order valence-electron chi connectivity index (χ0n) is 18.3. The van der Waals surface area contributed by atoms with Crippen LogP contribution in [-0.4, -0.2) is 69.6 Å². The molecule has 0 spiro atoms. The third-order valence-corrected chi connectivity index (χ3v) is 5.53. The van der Waals surface area contributed by atoms with E-state index in [4.69, 9.17) is 19.2 Å². The minimum absolute atomic E-state index is 0. The summed E-state index contributed by atoms with van der Waals surface area (Å²) in [5.74, 6) is 2.66. The van der Waals surface area contributed by atoms with Gasteiger partial charge in [0.2, 0.25) is 0 Å². The maximum Gasteiger partial charge on any atom is 0.193 e. The number of nitrogens with one attached hydrogen (secondary N) is 1. The molecule has 0 aromatic heterocycles. The number of nitrogens with zero attached hydrogens (tertiary/aromatic N) is 2. The topological polar surface area (TPSA) is 55.3 Å². The molecule has 1 aromatic rings. The van der Waals surface area contributed by atoms with E-state index in [0.29, 0.717) is 5.92 Å². The Kier molecular flexibility index (Phi) is 12.5. The zero-order chi connectivity index (χ0) is 20.2. The molecule has 6 nitrogen and oxygen atoms in total. The molecule has 30 heavy (non-hydrogen) atoms. The Bertz CT molecular complexity index is 589. The van der Waals surface area contributed by atoms with E-state index in [9.17, 15) is 0 Å². The van der Waals surface area contributed by atoms with E-state index in [0.717, 1.165) is 96.4 Å². The minimum atomic E-state index is 0. The molecule has 2 aliphatic rings. The van der Waals surface area contributed by atoms with Gasteiger partial charge in [-0.2, -0.15) is 0 Å². The first-order valence-corrected chi connectivity index (χ1v) is 11.3. The van der Waals surface area contributed by atoms with Crippen LogP contribution in [0.1, 0.15) is 39.0 Å². The summed E-state index contributed by atoms with van der Waals surface area (Å²) in [7, 11) is 0. The Hall–Kier alpha value is -1.06. The predicted molar refractivity (Wildman–Crippen MR) is 132 cm³/mol. The summed E-state index contributed by atoms with van der Waals surface area (Å²) in [5, 5.41) is 3.44. The van der Waals surface area contributed by atoms with E-state index in [-0.39, 0.29) is 30.1 Å². The van der Waals surface area contributed by atoms with Gasteiger partial charge in [0.15, 0.2) is 5.96 Å². The van der Waals surface area contributed by atoms with Gasteiger partial charge in [-0.3, -0.25) is 4.99 Å². The molecule has 0 saturated carbocycles. The zero-order valence-corrected chi connectivity index (χ0v) is 20.6. The molecule has 2 heterocycles. The highest BCUT2D eigenvalue weighted by molar-refractivity contribution is 14.0. The lowest BCUT2D eigenvalue weighted by molar-refractivity contribution is 0.0205. The lowest BCUT2D eigenvalue weighted by Gasteiger charge is -2.34. The van der Waals surface area contributed by atoms with Gasteiger partial charge in [0.1, 0.15) is 11.9 Å². The third kappa shape index (κ3) is 8.98. The summed E-state index contributed by atoms with van der Waals surface area (Å²) < 4.78 is 17.4. The van der Waals surface area contributed by atoms with Crippen LogP contribution in [0.25, 0.3) is 0 Å². The van der Waals surface area contributed by atoms with Crippen molar-refractivity contribution in [3.63, 3.8) is 0 Å². The van der Waals surface area contributed by atoms with E-state index in [2.05, 4.69) is 17.1 Å². The molecule has 0 atom stereocenters. The SMILES string of the molecule is CCNC(=NCCCOCC1CCOCC1)N1CCC(Oc2ccccc2)CC1.I. The summed E-state index contributed by atoms with van der Waals surface area (Å²) in [4.78, 5) is 7.18. The number of halogens is 1. The summed E-state index contributed by atoms with van der Waals surface area (Å²) in [6, 6.07) is 10.1. The molecular formula is C23H38IN3O3. The first-order chi connectivity index (χ1) is 14.3. The van der Waals surface area contributed by atoms with Crippen molar-refractivity contribution in [1.82, 2.24) is 10.2 Å². The molecular weight excluding hydrogens is 493 g/mol. The number of benzene rings is 1. The summed E-state index contributed by atoms with van der Waals surface area (Å²) in [6.45, 7) is 9.19. The van der Waals surface area contributed by atoms with Gasteiger partial charge in [0, 0.05) is 65.4 Å². The van der Waals surface area contributed by atoms with Crippen molar-refractivity contribution >= 4 is 29.9 Å².